The summed E-state index contributed by atoms with van der Waals surface area (Å²) in [4.78, 5) is 2.89. The number of hydrogen-bond donors (Lipinski definition) is 1. The van der Waals surface area contributed by atoms with E-state index in [2.05, 4.69) is 26.0 Å². The van der Waals surface area contributed by atoms with Crippen LogP contribution < -0.4 is 0 Å². The molecule has 0 aliphatic heterocycles. The van der Waals surface area contributed by atoms with Crippen molar-refractivity contribution in [1.29, 1.82) is 0 Å². The molecular formula is C17H15BrN4O3S. The van der Waals surface area contributed by atoms with Gasteiger partial charge in [0, 0.05) is 21.0 Å². The topological polar surface area (TPSA) is 108 Å². The Balaban J connectivity index is 2.30. The molecule has 0 bridgehead atoms. The average Bonchev–Trinajstić information content (AvgIpc) is 2.99. The average molecular weight is 435 g/mol. The van der Waals surface area contributed by atoms with Crippen LogP contribution in [0, 0.1) is 6.92 Å². The second kappa shape index (κ2) is 7.13. The number of rotatable bonds is 5. The molecule has 134 valence electrons. The van der Waals surface area contributed by atoms with Gasteiger partial charge in [0.05, 0.1) is 23.1 Å². The number of halogens is 1. The largest absolute Gasteiger partial charge is 0.396 e. The molecule has 1 N–H and O–H groups in total. The molecule has 0 fully saturated rings. The molecular weight excluding hydrogens is 420 g/mol. The van der Waals surface area contributed by atoms with Crippen molar-refractivity contribution in [2.75, 3.05) is 6.61 Å². The van der Waals surface area contributed by atoms with Gasteiger partial charge in [0.25, 0.3) is 10.0 Å². The van der Waals surface area contributed by atoms with Crippen LogP contribution in [0.1, 0.15) is 17.2 Å². The van der Waals surface area contributed by atoms with E-state index in [0.29, 0.717) is 20.9 Å². The summed E-state index contributed by atoms with van der Waals surface area (Å²) in [6.07, 6.45) is 1.40. The molecule has 1 heterocycles. The quantitative estimate of drug-likeness (QED) is 0.367. The highest BCUT2D eigenvalue weighted by Gasteiger charge is 2.24. The molecule has 1 atom stereocenters. The number of benzene rings is 2. The molecule has 0 amide bonds. The molecule has 0 aliphatic rings. The van der Waals surface area contributed by atoms with E-state index in [1.54, 1.807) is 42.5 Å². The summed E-state index contributed by atoms with van der Waals surface area (Å²) >= 11 is 3.35. The molecule has 26 heavy (non-hydrogen) atoms. The first-order chi connectivity index (χ1) is 12.4. The first-order valence-corrected chi connectivity index (χ1v) is 9.89. The molecule has 0 unspecified atom stereocenters. The lowest BCUT2D eigenvalue weighted by Crippen LogP contribution is -2.12. The molecule has 0 spiro atoms. The normalized spacial score (nSPS) is 12.7. The first-order valence-electron chi connectivity index (χ1n) is 7.66. The van der Waals surface area contributed by atoms with E-state index in [-0.39, 0.29) is 4.90 Å². The van der Waals surface area contributed by atoms with Crippen molar-refractivity contribution in [2.24, 2.45) is 5.11 Å². The zero-order valence-corrected chi connectivity index (χ0v) is 16.1. The summed E-state index contributed by atoms with van der Waals surface area (Å²) in [5.41, 5.74) is 10.6. The maximum atomic E-state index is 13.1. The van der Waals surface area contributed by atoms with Crippen molar-refractivity contribution in [2.45, 2.75) is 17.9 Å². The van der Waals surface area contributed by atoms with Gasteiger partial charge in [0.15, 0.2) is 0 Å². The molecule has 3 aromatic rings. The van der Waals surface area contributed by atoms with Gasteiger partial charge in [-0.05, 0) is 42.3 Å². The lowest BCUT2D eigenvalue weighted by molar-refractivity contribution is 0.268. The summed E-state index contributed by atoms with van der Waals surface area (Å²) in [5, 5.41) is 13.7. The molecule has 0 saturated carbocycles. The number of aliphatic hydroxyl groups excluding tert-OH is 1. The second-order valence-corrected chi connectivity index (χ2v) is 8.49. The maximum Gasteiger partial charge on any atom is 0.268 e. The van der Waals surface area contributed by atoms with Crippen molar-refractivity contribution >= 4 is 36.9 Å². The molecule has 3 rings (SSSR count). The van der Waals surface area contributed by atoms with E-state index in [1.807, 2.05) is 6.92 Å². The highest BCUT2D eigenvalue weighted by Crippen LogP contribution is 2.33. The molecule has 9 heteroatoms. The minimum atomic E-state index is -3.86. The first kappa shape index (κ1) is 18.5. The van der Waals surface area contributed by atoms with E-state index < -0.39 is 22.7 Å². The minimum absolute atomic E-state index is 0.149. The van der Waals surface area contributed by atoms with Gasteiger partial charge in [-0.15, -0.1) is 0 Å². The lowest BCUT2D eigenvalue weighted by atomic mass is 10.1. The van der Waals surface area contributed by atoms with Crippen molar-refractivity contribution in [3.05, 3.63) is 74.7 Å². The van der Waals surface area contributed by atoms with Crippen molar-refractivity contribution in [3.8, 4) is 0 Å². The molecule has 0 saturated heterocycles. The number of fused-ring (bicyclic) bond motifs is 1. The number of aromatic nitrogens is 1. The van der Waals surface area contributed by atoms with Gasteiger partial charge < -0.3 is 5.11 Å². The van der Waals surface area contributed by atoms with Crippen LogP contribution in [0.25, 0.3) is 21.3 Å². The molecule has 0 aliphatic carbocycles. The van der Waals surface area contributed by atoms with Gasteiger partial charge in [0.2, 0.25) is 0 Å². The van der Waals surface area contributed by atoms with E-state index in [1.165, 1.54) is 6.20 Å². The zero-order chi connectivity index (χ0) is 18.9. The third-order valence-electron chi connectivity index (χ3n) is 4.07. The fourth-order valence-corrected chi connectivity index (χ4v) is 4.46. The third-order valence-corrected chi connectivity index (χ3v) is 6.25. The van der Waals surface area contributed by atoms with Crippen LogP contribution in [0.3, 0.4) is 0 Å². The summed E-state index contributed by atoms with van der Waals surface area (Å²) in [7, 11) is -3.86. The number of aryl methyl sites for hydroxylation is 1. The number of aliphatic hydroxyl groups is 1. The van der Waals surface area contributed by atoms with Crippen LogP contribution in [0.5, 0.6) is 0 Å². The Kier molecular flexibility index (Phi) is 5.06. The van der Waals surface area contributed by atoms with Crippen molar-refractivity contribution in [1.82, 2.24) is 3.97 Å². The highest BCUT2D eigenvalue weighted by molar-refractivity contribution is 9.10. The Morgan fingerprint density at radius 1 is 1.27 bits per heavy atom. The third kappa shape index (κ3) is 3.22. The van der Waals surface area contributed by atoms with Crippen molar-refractivity contribution < 1.29 is 13.5 Å². The Morgan fingerprint density at radius 3 is 2.58 bits per heavy atom. The summed E-state index contributed by atoms with van der Waals surface area (Å²) in [6.45, 7) is 1.45. The van der Waals surface area contributed by atoms with Crippen LogP contribution >= 0.6 is 15.9 Å². The monoisotopic (exact) mass is 434 g/mol. The number of azide groups is 1. The fourth-order valence-electron chi connectivity index (χ4n) is 2.74. The van der Waals surface area contributed by atoms with Crippen LogP contribution in [-0.4, -0.2) is 24.1 Å². The van der Waals surface area contributed by atoms with E-state index in [4.69, 9.17) is 5.53 Å². The molecule has 0 radical (unpaired) electrons. The Hall–Kier alpha value is -2.32. The highest BCUT2D eigenvalue weighted by atomic mass is 79.9. The molecule has 1 aromatic heterocycles. The predicted octanol–water partition coefficient (Wildman–Crippen LogP) is 4.29. The Morgan fingerprint density at radius 2 is 1.96 bits per heavy atom. The Bertz CT molecular complexity index is 1120. The summed E-state index contributed by atoms with van der Waals surface area (Å²) in [5.74, 6) is 0. The van der Waals surface area contributed by atoms with Gasteiger partial charge in [0.1, 0.15) is 0 Å². The maximum absolute atomic E-state index is 13.1. The van der Waals surface area contributed by atoms with Crippen LogP contribution in [0.4, 0.5) is 0 Å². The number of nitrogens with zero attached hydrogens (tertiary/aromatic N) is 4. The SMILES string of the molecule is Cc1ccc(S(=O)(=O)n2cc([C@H](CO)N=[N+]=[N-])c3ccc(Br)cc32)cc1. The van der Waals surface area contributed by atoms with Gasteiger partial charge in [-0.25, -0.2) is 12.4 Å². The Labute approximate surface area is 158 Å². The molecule has 2 aromatic carbocycles. The van der Waals surface area contributed by atoms with Gasteiger partial charge >= 0.3 is 0 Å². The summed E-state index contributed by atoms with van der Waals surface area (Å²) in [6, 6.07) is 10.8. The lowest BCUT2D eigenvalue weighted by Gasteiger charge is -2.08. The number of hydrogen-bond acceptors (Lipinski definition) is 4. The standard InChI is InChI=1S/C17H15BrN4O3S/c1-11-2-5-13(6-3-11)26(24,25)22-9-15(16(10-23)20-21-19)14-7-4-12(18)8-17(14)22/h2-9,16,23H,10H2,1H3/t16-/m0/s1. The van der Waals surface area contributed by atoms with E-state index in [9.17, 15) is 13.5 Å². The smallest absolute Gasteiger partial charge is 0.268 e. The van der Waals surface area contributed by atoms with Crippen molar-refractivity contribution in [3.63, 3.8) is 0 Å². The van der Waals surface area contributed by atoms with Crippen LogP contribution in [0.15, 0.2) is 63.1 Å². The zero-order valence-electron chi connectivity index (χ0n) is 13.7. The van der Waals surface area contributed by atoms with E-state index in [0.717, 1.165) is 9.54 Å². The predicted molar refractivity (Wildman–Crippen MR) is 102 cm³/mol. The van der Waals surface area contributed by atoms with E-state index >= 15 is 0 Å². The van der Waals surface area contributed by atoms with Gasteiger partial charge in [-0.1, -0.05) is 44.8 Å². The second-order valence-electron chi connectivity index (χ2n) is 5.76. The van der Waals surface area contributed by atoms with Crippen LogP contribution in [-0.2, 0) is 10.0 Å². The van der Waals surface area contributed by atoms with Gasteiger partial charge in [-0.3, -0.25) is 0 Å². The fraction of sp³-hybridized carbons (Fsp3) is 0.176. The molecule has 7 nitrogen and oxygen atoms in total. The van der Waals surface area contributed by atoms with Crippen LogP contribution in [0.2, 0.25) is 0 Å². The minimum Gasteiger partial charge on any atom is -0.396 e. The summed E-state index contributed by atoms with van der Waals surface area (Å²) < 4.78 is 28.1. The van der Waals surface area contributed by atoms with Gasteiger partial charge in [-0.2, -0.15) is 0 Å².